The van der Waals surface area contributed by atoms with Gasteiger partial charge in [-0.3, -0.25) is 0 Å². The maximum atomic E-state index is 6.17. The lowest BCUT2D eigenvalue weighted by Gasteiger charge is -2.15. The summed E-state index contributed by atoms with van der Waals surface area (Å²) < 4.78 is 12.1. The number of halogens is 2. The molecule has 10 heteroatoms. The summed E-state index contributed by atoms with van der Waals surface area (Å²) in [5.41, 5.74) is 10.4. The van der Waals surface area contributed by atoms with Crippen molar-refractivity contribution < 1.29 is 9.47 Å². The smallest absolute Gasteiger partial charge is 0.260 e. The number of nitrogens with zero attached hydrogens (tertiary/aromatic N) is 4. The van der Waals surface area contributed by atoms with E-state index in [0.717, 1.165) is 15.6 Å². The molecule has 3 aromatic rings. The van der Waals surface area contributed by atoms with Gasteiger partial charge in [0.05, 0.1) is 18.1 Å². The lowest BCUT2D eigenvalue weighted by Crippen LogP contribution is -2.18. The molecule has 0 aliphatic carbocycles. The third-order valence-corrected chi connectivity index (χ3v) is 4.50. The minimum Gasteiger partial charge on any atom is -0.493 e. The minimum absolute atomic E-state index is 0.177. The van der Waals surface area contributed by atoms with Gasteiger partial charge in [0, 0.05) is 10.6 Å². The molecule has 8 nitrogen and oxygen atoms in total. The SMILES string of the molecule is COc1cc(CNn2nnnc2N)cc(Br)c1OCc1ccccc1Cl. The topological polar surface area (TPSA) is 100 Å². The molecule has 0 saturated carbocycles. The second-order valence-electron chi connectivity index (χ2n) is 5.27. The van der Waals surface area contributed by atoms with Gasteiger partial charge in [-0.25, -0.2) is 0 Å². The van der Waals surface area contributed by atoms with Crippen LogP contribution in [0.5, 0.6) is 11.5 Å². The molecule has 0 bridgehead atoms. The Morgan fingerprint density at radius 3 is 2.81 bits per heavy atom. The van der Waals surface area contributed by atoms with Crippen LogP contribution >= 0.6 is 27.5 Å². The van der Waals surface area contributed by atoms with E-state index in [4.69, 9.17) is 26.8 Å². The largest absolute Gasteiger partial charge is 0.493 e. The van der Waals surface area contributed by atoms with E-state index in [2.05, 4.69) is 36.9 Å². The average molecular weight is 440 g/mol. The van der Waals surface area contributed by atoms with E-state index in [0.29, 0.717) is 29.7 Å². The van der Waals surface area contributed by atoms with E-state index in [1.165, 1.54) is 4.79 Å². The van der Waals surface area contributed by atoms with Crippen molar-refractivity contribution in [1.82, 2.24) is 20.3 Å². The Hall–Kier alpha value is -2.52. The Balaban J connectivity index is 1.74. The van der Waals surface area contributed by atoms with Crippen LogP contribution in [-0.2, 0) is 13.2 Å². The molecule has 0 atom stereocenters. The fourth-order valence-electron chi connectivity index (χ4n) is 2.25. The summed E-state index contributed by atoms with van der Waals surface area (Å²) in [5.74, 6) is 1.36. The Kier molecular flexibility index (Phi) is 5.79. The van der Waals surface area contributed by atoms with Gasteiger partial charge in [-0.15, -0.1) is 4.79 Å². The molecular formula is C16H16BrClN6O2. The monoisotopic (exact) mass is 438 g/mol. The Morgan fingerprint density at radius 1 is 1.31 bits per heavy atom. The number of hydrogen-bond donors (Lipinski definition) is 2. The molecule has 0 fully saturated rings. The molecule has 3 N–H and O–H groups in total. The number of rotatable bonds is 7. The van der Waals surface area contributed by atoms with Gasteiger partial charge in [0.1, 0.15) is 6.61 Å². The third-order valence-electron chi connectivity index (χ3n) is 3.55. The molecule has 2 aromatic carbocycles. The molecule has 0 aliphatic heterocycles. The van der Waals surface area contributed by atoms with Crippen molar-refractivity contribution in [2.45, 2.75) is 13.2 Å². The zero-order valence-electron chi connectivity index (χ0n) is 13.8. The summed E-state index contributed by atoms with van der Waals surface area (Å²) in [7, 11) is 1.58. The number of benzene rings is 2. The maximum absolute atomic E-state index is 6.17. The molecule has 136 valence electrons. The number of tetrazole rings is 1. The fourth-order valence-corrected chi connectivity index (χ4v) is 3.05. The number of nitrogens with two attached hydrogens (primary N) is 1. The summed E-state index contributed by atoms with van der Waals surface area (Å²) in [4.78, 5) is 1.29. The number of aromatic nitrogens is 4. The highest BCUT2D eigenvalue weighted by Crippen LogP contribution is 2.37. The van der Waals surface area contributed by atoms with Gasteiger partial charge < -0.3 is 20.6 Å². The first-order chi connectivity index (χ1) is 12.6. The summed E-state index contributed by atoms with van der Waals surface area (Å²) in [6.07, 6.45) is 0. The van der Waals surface area contributed by atoms with Crippen molar-refractivity contribution in [2.24, 2.45) is 0 Å². The number of ether oxygens (including phenoxy) is 2. The van der Waals surface area contributed by atoms with E-state index in [-0.39, 0.29) is 5.95 Å². The minimum atomic E-state index is 0.177. The fraction of sp³-hybridized carbons (Fsp3) is 0.188. The van der Waals surface area contributed by atoms with E-state index < -0.39 is 0 Å². The predicted octanol–water partition coefficient (Wildman–Crippen LogP) is 3.00. The Labute approximate surface area is 163 Å². The summed E-state index contributed by atoms with van der Waals surface area (Å²) >= 11 is 9.70. The lowest BCUT2D eigenvalue weighted by molar-refractivity contribution is 0.282. The predicted molar refractivity (Wildman–Crippen MR) is 102 cm³/mol. The lowest BCUT2D eigenvalue weighted by atomic mass is 10.2. The molecule has 26 heavy (non-hydrogen) atoms. The zero-order valence-corrected chi connectivity index (χ0v) is 16.2. The van der Waals surface area contributed by atoms with Gasteiger partial charge in [-0.1, -0.05) is 34.9 Å². The highest BCUT2D eigenvalue weighted by Gasteiger charge is 2.13. The first-order valence-corrected chi connectivity index (χ1v) is 8.76. The van der Waals surface area contributed by atoms with Gasteiger partial charge in [0.25, 0.3) is 5.95 Å². The van der Waals surface area contributed by atoms with E-state index in [1.54, 1.807) is 7.11 Å². The van der Waals surface area contributed by atoms with Crippen LogP contribution in [0.15, 0.2) is 40.9 Å². The second-order valence-corrected chi connectivity index (χ2v) is 6.53. The van der Waals surface area contributed by atoms with E-state index >= 15 is 0 Å². The van der Waals surface area contributed by atoms with Crippen molar-refractivity contribution in [1.29, 1.82) is 0 Å². The van der Waals surface area contributed by atoms with Crippen LogP contribution in [0, 0.1) is 0 Å². The normalized spacial score (nSPS) is 10.6. The van der Waals surface area contributed by atoms with E-state index in [1.807, 2.05) is 36.4 Å². The third kappa shape index (κ3) is 4.17. The average Bonchev–Trinajstić information content (AvgIpc) is 3.04. The summed E-state index contributed by atoms with van der Waals surface area (Å²) in [6.45, 7) is 0.766. The van der Waals surface area contributed by atoms with Crippen LogP contribution < -0.4 is 20.6 Å². The molecule has 1 heterocycles. The van der Waals surface area contributed by atoms with Gasteiger partial charge in [0.15, 0.2) is 11.5 Å². The molecule has 1 aromatic heterocycles. The molecule has 0 unspecified atom stereocenters. The second kappa shape index (κ2) is 8.24. The molecule has 0 aliphatic rings. The van der Waals surface area contributed by atoms with Crippen LogP contribution in [0.4, 0.5) is 5.95 Å². The molecule has 0 radical (unpaired) electrons. The number of methoxy groups -OCH3 is 1. The van der Waals surface area contributed by atoms with Gasteiger partial charge >= 0.3 is 0 Å². The highest BCUT2D eigenvalue weighted by molar-refractivity contribution is 9.10. The number of nitrogen functional groups attached to an aromatic ring is 1. The van der Waals surface area contributed by atoms with Crippen LogP contribution in [-0.4, -0.2) is 27.4 Å². The number of nitrogens with one attached hydrogen (secondary N) is 1. The molecule has 0 saturated heterocycles. The maximum Gasteiger partial charge on any atom is 0.260 e. The molecular weight excluding hydrogens is 424 g/mol. The van der Waals surface area contributed by atoms with Crippen molar-refractivity contribution >= 4 is 33.5 Å². The Morgan fingerprint density at radius 2 is 2.12 bits per heavy atom. The van der Waals surface area contributed by atoms with Gasteiger partial charge in [0.2, 0.25) is 0 Å². The zero-order chi connectivity index (χ0) is 18.5. The molecule has 0 amide bonds. The molecule has 3 rings (SSSR count). The first-order valence-electron chi connectivity index (χ1n) is 7.59. The Bertz CT molecular complexity index is 904. The quantitative estimate of drug-likeness (QED) is 0.583. The van der Waals surface area contributed by atoms with Crippen LogP contribution in [0.1, 0.15) is 11.1 Å². The van der Waals surface area contributed by atoms with Crippen molar-refractivity contribution in [3.8, 4) is 11.5 Å². The van der Waals surface area contributed by atoms with Crippen molar-refractivity contribution in [3.63, 3.8) is 0 Å². The molecule has 0 spiro atoms. The summed E-state index contributed by atoms with van der Waals surface area (Å²) in [5, 5.41) is 11.5. The van der Waals surface area contributed by atoms with Gasteiger partial charge in [-0.05, 0) is 50.1 Å². The van der Waals surface area contributed by atoms with Crippen LogP contribution in [0.2, 0.25) is 5.02 Å². The summed E-state index contributed by atoms with van der Waals surface area (Å²) in [6, 6.07) is 11.3. The van der Waals surface area contributed by atoms with E-state index in [9.17, 15) is 0 Å². The first kappa shape index (κ1) is 18.3. The van der Waals surface area contributed by atoms with Crippen molar-refractivity contribution in [2.75, 3.05) is 18.3 Å². The number of anilines is 1. The van der Waals surface area contributed by atoms with Crippen LogP contribution in [0.25, 0.3) is 0 Å². The standard InChI is InChI=1S/C16H16BrClN6O2/c1-25-14-7-10(8-20-24-16(19)21-22-23-24)6-12(17)15(14)26-9-11-4-2-3-5-13(11)18/h2-7,20H,8-9H2,1H3,(H2,19,21,23). The highest BCUT2D eigenvalue weighted by atomic mass is 79.9. The van der Waals surface area contributed by atoms with Crippen LogP contribution in [0.3, 0.4) is 0 Å². The number of hydrogen-bond acceptors (Lipinski definition) is 7. The van der Waals surface area contributed by atoms with Crippen molar-refractivity contribution in [3.05, 3.63) is 57.0 Å². The van der Waals surface area contributed by atoms with Gasteiger partial charge in [-0.2, -0.15) is 0 Å².